The molecule has 3 aromatic heterocycles. The number of hydrogen-bond acceptors (Lipinski definition) is 6. The van der Waals surface area contributed by atoms with Crippen LogP contribution in [-0.2, 0) is 9.84 Å². The topological polar surface area (TPSA) is 86.2 Å². The lowest BCUT2D eigenvalue weighted by molar-refractivity contribution is 0.598. The normalized spacial score (nSPS) is 13.2. The molecule has 0 atom stereocenters. The van der Waals surface area contributed by atoms with Crippen LogP contribution in [0.1, 0.15) is 0 Å². The Morgan fingerprint density at radius 3 is 1.87 bits per heavy atom. The molecule has 4 heterocycles. The molecular formula is C46H26N2O4S. The van der Waals surface area contributed by atoms with E-state index in [1.54, 1.807) is 18.2 Å². The number of aromatic nitrogens is 2. The summed E-state index contributed by atoms with van der Waals surface area (Å²) in [5.74, 6) is 0.613. The van der Waals surface area contributed by atoms with Crippen molar-refractivity contribution in [1.29, 1.82) is 0 Å². The zero-order chi connectivity index (χ0) is 35.3. The molecule has 0 N–H and O–H groups in total. The summed E-state index contributed by atoms with van der Waals surface area (Å²) in [7, 11) is -3.59. The number of fused-ring (bicyclic) bond motifs is 9. The molecule has 0 saturated carbocycles. The predicted molar refractivity (Wildman–Crippen MR) is 209 cm³/mol. The smallest absolute Gasteiger partial charge is 0.207 e. The fourth-order valence-corrected chi connectivity index (χ4v) is 9.37. The van der Waals surface area contributed by atoms with Gasteiger partial charge < -0.3 is 8.83 Å². The highest BCUT2D eigenvalue weighted by Crippen LogP contribution is 2.45. The molecule has 0 spiro atoms. The van der Waals surface area contributed by atoms with Gasteiger partial charge in [0.1, 0.15) is 28.0 Å². The Labute approximate surface area is 303 Å². The first-order valence-corrected chi connectivity index (χ1v) is 18.8. The Hall–Kier alpha value is -6.83. The Kier molecular flexibility index (Phi) is 6.24. The molecule has 10 aromatic rings. The van der Waals surface area contributed by atoms with Crippen molar-refractivity contribution in [2.24, 2.45) is 0 Å². The van der Waals surface area contributed by atoms with Gasteiger partial charge in [-0.2, -0.15) is 0 Å². The molecule has 7 heteroatoms. The summed E-state index contributed by atoms with van der Waals surface area (Å²) in [6.45, 7) is 0. The molecule has 250 valence electrons. The van der Waals surface area contributed by atoms with Crippen LogP contribution in [0.5, 0.6) is 0 Å². The zero-order valence-corrected chi connectivity index (χ0v) is 28.8. The first-order valence-electron chi connectivity index (χ1n) is 17.3. The molecule has 7 aromatic carbocycles. The van der Waals surface area contributed by atoms with E-state index in [1.165, 1.54) is 0 Å². The van der Waals surface area contributed by atoms with Crippen LogP contribution in [0.3, 0.4) is 0 Å². The highest BCUT2D eigenvalue weighted by atomic mass is 32.2. The summed E-state index contributed by atoms with van der Waals surface area (Å²) in [4.78, 5) is 10.9. The average molecular weight is 703 g/mol. The molecule has 0 unspecified atom stereocenters. The van der Waals surface area contributed by atoms with Gasteiger partial charge in [0.15, 0.2) is 11.4 Å². The molecule has 0 bridgehead atoms. The Morgan fingerprint density at radius 2 is 1.04 bits per heavy atom. The molecule has 0 radical (unpaired) electrons. The molecule has 0 aliphatic carbocycles. The Bertz CT molecular complexity index is 3240. The fourth-order valence-electron chi connectivity index (χ4n) is 7.66. The maximum Gasteiger partial charge on any atom is 0.207 e. The maximum atomic E-state index is 13.4. The first-order chi connectivity index (χ1) is 26.0. The molecule has 0 amide bonds. The third-order valence-electron chi connectivity index (χ3n) is 10.3. The second-order valence-corrected chi connectivity index (χ2v) is 15.2. The quantitative estimate of drug-likeness (QED) is 0.181. The van der Waals surface area contributed by atoms with Crippen LogP contribution in [0, 0.1) is 0 Å². The Morgan fingerprint density at radius 1 is 0.415 bits per heavy atom. The summed E-state index contributed by atoms with van der Waals surface area (Å²) in [6, 6.07) is 51.4. The van der Waals surface area contributed by atoms with E-state index in [0.29, 0.717) is 32.5 Å². The van der Waals surface area contributed by atoms with Gasteiger partial charge in [-0.05, 0) is 76.9 Å². The van der Waals surface area contributed by atoms with Crippen molar-refractivity contribution in [1.82, 2.24) is 9.97 Å². The van der Waals surface area contributed by atoms with E-state index in [-0.39, 0.29) is 0 Å². The summed E-state index contributed by atoms with van der Waals surface area (Å²) >= 11 is 0. The Balaban J connectivity index is 1.05. The second-order valence-electron chi connectivity index (χ2n) is 13.4. The summed E-state index contributed by atoms with van der Waals surface area (Å²) in [5.41, 5.74) is 11.4. The van der Waals surface area contributed by atoms with Gasteiger partial charge in [0.05, 0.1) is 9.79 Å². The van der Waals surface area contributed by atoms with Crippen LogP contribution < -0.4 is 0 Å². The average Bonchev–Trinajstić information content (AvgIpc) is 3.84. The van der Waals surface area contributed by atoms with Crippen molar-refractivity contribution in [2.45, 2.75) is 9.79 Å². The number of benzene rings is 7. The van der Waals surface area contributed by atoms with E-state index in [2.05, 4.69) is 30.3 Å². The molecule has 1 aliphatic rings. The van der Waals surface area contributed by atoms with Crippen molar-refractivity contribution in [3.63, 3.8) is 0 Å². The van der Waals surface area contributed by atoms with Crippen molar-refractivity contribution >= 4 is 53.8 Å². The standard InChI is InChI=1S/C46H26N2O4S/c49-53(50)41-14-8-7-13-34(41)35-20-16-31(26-42(35)53)30-15-19-33-36-24-32(18-22-38(36)51-40(33)25-30)43-45-44(48-46(47-43)28-11-5-2-6-12-28)37-23-29(17-21-39(37)52-45)27-9-3-1-4-10-27/h1-26H. The van der Waals surface area contributed by atoms with Gasteiger partial charge in [0.2, 0.25) is 9.84 Å². The monoisotopic (exact) mass is 702 g/mol. The second kappa shape index (κ2) is 11.1. The molecule has 0 saturated heterocycles. The SMILES string of the molecule is O=S1(=O)c2ccccc2-c2ccc(-c3ccc4c(c3)oc3ccc(-c5nc(-c6ccccc6)nc6c5oc5ccc(-c7ccccc7)cc56)cc34)cc21. The lowest BCUT2D eigenvalue weighted by Gasteiger charge is -2.07. The van der Waals surface area contributed by atoms with E-state index in [0.717, 1.165) is 77.3 Å². The van der Waals surface area contributed by atoms with Gasteiger partial charge >= 0.3 is 0 Å². The first kappa shape index (κ1) is 29.9. The minimum absolute atomic E-state index is 0.332. The van der Waals surface area contributed by atoms with E-state index in [1.807, 2.05) is 109 Å². The van der Waals surface area contributed by atoms with Crippen LogP contribution in [0.2, 0.25) is 0 Å². The molecule has 53 heavy (non-hydrogen) atoms. The fraction of sp³-hybridized carbons (Fsp3) is 0. The third-order valence-corrected chi connectivity index (χ3v) is 12.1. The number of sulfone groups is 1. The van der Waals surface area contributed by atoms with Crippen molar-refractivity contribution in [3.8, 4) is 56.0 Å². The minimum Gasteiger partial charge on any atom is -0.456 e. The minimum atomic E-state index is -3.59. The predicted octanol–water partition coefficient (Wildman–Crippen LogP) is 11.8. The largest absolute Gasteiger partial charge is 0.456 e. The van der Waals surface area contributed by atoms with Crippen LogP contribution in [0.15, 0.2) is 176 Å². The van der Waals surface area contributed by atoms with E-state index in [9.17, 15) is 8.42 Å². The highest BCUT2D eigenvalue weighted by Gasteiger charge is 2.32. The van der Waals surface area contributed by atoms with E-state index >= 15 is 0 Å². The van der Waals surface area contributed by atoms with Gasteiger partial charge in [0, 0.05) is 38.4 Å². The zero-order valence-electron chi connectivity index (χ0n) is 27.9. The highest BCUT2D eigenvalue weighted by molar-refractivity contribution is 7.92. The molecule has 11 rings (SSSR count). The van der Waals surface area contributed by atoms with Crippen molar-refractivity contribution in [3.05, 3.63) is 158 Å². The summed E-state index contributed by atoms with van der Waals surface area (Å²) < 4.78 is 39.8. The van der Waals surface area contributed by atoms with Crippen LogP contribution in [0.25, 0.3) is 100 Å². The molecular weight excluding hydrogens is 677 g/mol. The number of furan rings is 2. The van der Waals surface area contributed by atoms with Crippen LogP contribution in [-0.4, -0.2) is 18.4 Å². The summed E-state index contributed by atoms with van der Waals surface area (Å²) in [5, 5.41) is 2.80. The third kappa shape index (κ3) is 4.54. The van der Waals surface area contributed by atoms with Gasteiger partial charge in [-0.15, -0.1) is 0 Å². The van der Waals surface area contributed by atoms with Crippen LogP contribution >= 0.6 is 0 Å². The summed E-state index contributed by atoms with van der Waals surface area (Å²) in [6.07, 6.45) is 0. The number of nitrogens with zero attached hydrogens (tertiary/aromatic N) is 2. The lowest BCUT2D eigenvalue weighted by atomic mass is 9.99. The molecule has 1 aliphatic heterocycles. The number of hydrogen-bond donors (Lipinski definition) is 0. The molecule has 0 fully saturated rings. The van der Waals surface area contributed by atoms with Gasteiger partial charge in [-0.25, -0.2) is 18.4 Å². The lowest BCUT2D eigenvalue weighted by Crippen LogP contribution is -1.96. The van der Waals surface area contributed by atoms with Gasteiger partial charge in [-0.1, -0.05) is 103 Å². The van der Waals surface area contributed by atoms with Gasteiger partial charge in [-0.3, -0.25) is 0 Å². The van der Waals surface area contributed by atoms with E-state index in [4.69, 9.17) is 18.8 Å². The van der Waals surface area contributed by atoms with Gasteiger partial charge in [0.25, 0.3) is 0 Å². The van der Waals surface area contributed by atoms with E-state index < -0.39 is 9.84 Å². The maximum absolute atomic E-state index is 13.4. The van der Waals surface area contributed by atoms with Crippen LogP contribution in [0.4, 0.5) is 0 Å². The van der Waals surface area contributed by atoms with Crippen molar-refractivity contribution < 1.29 is 17.3 Å². The number of rotatable bonds is 4. The van der Waals surface area contributed by atoms with Crippen molar-refractivity contribution in [2.75, 3.05) is 0 Å². The molecule has 6 nitrogen and oxygen atoms in total.